The molecule has 0 saturated carbocycles. The Bertz CT molecular complexity index is 1120. The van der Waals surface area contributed by atoms with E-state index in [-0.39, 0.29) is 17.7 Å². The maximum atomic E-state index is 14.2. The fourth-order valence-corrected chi connectivity index (χ4v) is 4.32. The number of hydrogen-bond acceptors (Lipinski definition) is 4. The third kappa shape index (κ3) is 8.33. The second-order valence-electron chi connectivity index (χ2n) is 11.1. The summed E-state index contributed by atoms with van der Waals surface area (Å²) in [5.74, 6) is -0.777. The van der Waals surface area contributed by atoms with Gasteiger partial charge in [0.05, 0.1) is 0 Å². The average molecular weight is 524 g/mol. The van der Waals surface area contributed by atoms with Crippen LogP contribution in [0, 0.1) is 26.7 Å². The monoisotopic (exact) mass is 523 g/mol. The van der Waals surface area contributed by atoms with Crippen molar-refractivity contribution in [1.29, 1.82) is 0 Å². The molecule has 0 aliphatic rings. The van der Waals surface area contributed by atoms with Crippen molar-refractivity contribution in [3.8, 4) is 0 Å². The highest BCUT2D eigenvalue weighted by Gasteiger charge is 2.38. The number of anilines is 1. The molecule has 0 aliphatic heterocycles. The van der Waals surface area contributed by atoms with Crippen LogP contribution in [0.1, 0.15) is 82.7 Å². The third-order valence-corrected chi connectivity index (χ3v) is 6.59. The molecule has 0 spiro atoms. The smallest absolute Gasteiger partial charge is 0.408 e. The molecule has 2 N–H and O–H groups in total. The number of nitrogens with zero attached hydrogens (tertiary/aromatic N) is 1. The van der Waals surface area contributed by atoms with E-state index >= 15 is 0 Å². The molecule has 3 amide bonds. The number of aryl methyl sites for hydroxylation is 3. The van der Waals surface area contributed by atoms with Crippen LogP contribution in [0.25, 0.3) is 0 Å². The minimum Gasteiger partial charge on any atom is -0.444 e. The normalized spacial score (nSPS) is 13.7. The molecular weight excluding hydrogens is 478 g/mol. The van der Waals surface area contributed by atoms with Crippen LogP contribution in [0.5, 0.6) is 0 Å². The lowest BCUT2D eigenvalue weighted by Crippen LogP contribution is -2.55. The second kappa shape index (κ2) is 13.4. The van der Waals surface area contributed by atoms with Gasteiger partial charge in [-0.05, 0) is 76.6 Å². The Morgan fingerprint density at radius 3 is 2.21 bits per heavy atom. The fraction of sp³-hybridized carbons (Fsp3) is 0.516. The Kier molecular flexibility index (Phi) is 10.9. The van der Waals surface area contributed by atoms with Crippen LogP contribution in [0.2, 0.25) is 0 Å². The van der Waals surface area contributed by atoms with Gasteiger partial charge in [0.2, 0.25) is 5.91 Å². The van der Waals surface area contributed by atoms with Gasteiger partial charge in [-0.25, -0.2) is 4.79 Å². The van der Waals surface area contributed by atoms with Crippen molar-refractivity contribution in [1.82, 2.24) is 10.2 Å². The van der Waals surface area contributed by atoms with E-state index < -0.39 is 23.8 Å². The molecule has 2 aromatic carbocycles. The molecular formula is C31H45N3O4. The summed E-state index contributed by atoms with van der Waals surface area (Å²) in [6, 6.07) is 11.8. The van der Waals surface area contributed by atoms with Crippen LogP contribution in [0.3, 0.4) is 0 Å². The van der Waals surface area contributed by atoms with Crippen LogP contribution in [-0.4, -0.2) is 41.0 Å². The van der Waals surface area contributed by atoms with Gasteiger partial charge in [0.1, 0.15) is 17.7 Å². The van der Waals surface area contributed by atoms with Crippen LogP contribution >= 0.6 is 0 Å². The van der Waals surface area contributed by atoms with Gasteiger partial charge in [0, 0.05) is 12.2 Å². The predicted molar refractivity (Wildman–Crippen MR) is 153 cm³/mol. The molecule has 3 atom stereocenters. The van der Waals surface area contributed by atoms with E-state index in [2.05, 4.69) is 10.6 Å². The van der Waals surface area contributed by atoms with Gasteiger partial charge in [-0.2, -0.15) is 0 Å². The Hall–Kier alpha value is -3.35. The SMILES string of the molecule is CCCN(C(=O)C(NC(=O)OC(C)(C)C)C(C)CC)C(C(=O)Nc1ccccc1C)c1cc(C)ccc1C. The van der Waals surface area contributed by atoms with Gasteiger partial charge in [-0.1, -0.05) is 69.2 Å². The van der Waals surface area contributed by atoms with Gasteiger partial charge < -0.3 is 20.3 Å². The fourth-order valence-electron chi connectivity index (χ4n) is 4.32. The summed E-state index contributed by atoms with van der Waals surface area (Å²) in [7, 11) is 0. The number of ether oxygens (including phenoxy) is 1. The van der Waals surface area contributed by atoms with E-state index in [0.717, 1.165) is 22.3 Å². The van der Waals surface area contributed by atoms with Gasteiger partial charge in [-0.15, -0.1) is 0 Å². The standard InChI is InChI=1S/C31H45N3O4/c1-10-18-34(29(36)26(21(4)11-2)33-30(37)38-31(7,8)9)27(24-19-20(3)16-17-22(24)5)28(35)32-25-15-13-12-14-23(25)6/h12-17,19,21,26-27H,10-11,18H2,1-9H3,(H,32,35)(H,33,37). The molecule has 2 aromatic rings. The molecule has 38 heavy (non-hydrogen) atoms. The summed E-state index contributed by atoms with van der Waals surface area (Å²) >= 11 is 0. The van der Waals surface area contributed by atoms with E-state index in [1.165, 1.54) is 0 Å². The lowest BCUT2D eigenvalue weighted by molar-refractivity contribution is -0.142. The molecule has 0 aromatic heterocycles. The van der Waals surface area contributed by atoms with E-state index in [1.54, 1.807) is 25.7 Å². The van der Waals surface area contributed by atoms with Crippen molar-refractivity contribution >= 4 is 23.6 Å². The molecule has 0 saturated heterocycles. The highest BCUT2D eigenvalue weighted by Crippen LogP contribution is 2.29. The largest absolute Gasteiger partial charge is 0.444 e. The summed E-state index contributed by atoms with van der Waals surface area (Å²) < 4.78 is 5.47. The van der Waals surface area contributed by atoms with Gasteiger partial charge in [0.15, 0.2) is 0 Å². The van der Waals surface area contributed by atoms with E-state index in [0.29, 0.717) is 25.1 Å². The number of para-hydroxylation sites is 1. The Morgan fingerprint density at radius 2 is 1.63 bits per heavy atom. The van der Waals surface area contributed by atoms with Gasteiger partial charge in [0.25, 0.3) is 5.91 Å². The zero-order chi connectivity index (χ0) is 28.6. The first-order valence-corrected chi connectivity index (χ1v) is 13.5. The molecule has 0 heterocycles. The first kappa shape index (κ1) is 30.9. The lowest BCUT2D eigenvalue weighted by Gasteiger charge is -2.36. The molecule has 2 rings (SSSR count). The summed E-state index contributed by atoms with van der Waals surface area (Å²) in [4.78, 5) is 42.6. The molecule has 208 valence electrons. The maximum Gasteiger partial charge on any atom is 0.408 e. The minimum atomic E-state index is -0.881. The van der Waals surface area contributed by atoms with E-state index in [9.17, 15) is 14.4 Å². The molecule has 7 nitrogen and oxygen atoms in total. The third-order valence-electron chi connectivity index (χ3n) is 6.59. The molecule has 0 bridgehead atoms. The lowest BCUT2D eigenvalue weighted by atomic mass is 9.93. The van der Waals surface area contributed by atoms with Crippen LogP contribution in [-0.2, 0) is 14.3 Å². The predicted octanol–water partition coefficient (Wildman–Crippen LogP) is 6.47. The number of hydrogen-bond donors (Lipinski definition) is 2. The maximum absolute atomic E-state index is 14.2. The first-order chi connectivity index (χ1) is 17.8. The highest BCUT2D eigenvalue weighted by atomic mass is 16.6. The van der Waals surface area contributed by atoms with Crippen LogP contribution in [0.4, 0.5) is 10.5 Å². The number of alkyl carbamates (subject to hydrolysis) is 1. The van der Waals surface area contributed by atoms with Crippen LogP contribution in [0.15, 0.2) is 42.5 Å². The topological polar surface area (TPSA) is 87.7 Å². The summed E-state index contributed by atoms with van der Waals surface area (Å²) in [5.41, 5.74) is 3.59. The quantitative estimate of drug-likeness (QED) is 0.374. The number of carbonyl (C=O) groups is 3. The van der Waals surface area contributed by atoms with Crippen molar-refractivity contribution < 1.29 is 19.1 Å². The zero-order valence-corrected chi connectivity index (χ0v) is 24.5. The van der Waals surface area contributed by atoms with Crippen molar-refractivity contribution in [2.75, 3.05) is 11.9 Å². The van der Waals surface area contributed by atoms with Gasteiger partial charge in [-0.3, -0.25) is 9.59 Å². The molecule has 7 heteroatoms. The first-order valence-electron chi connectivity index (χ1n) is 13.5. The Balaban J connectivity index is 2.59. The second-order valence-corrected chi connectivity index (χ2v) is 11.1. The summed E-state index contributed by atoms with van der Waals surface area (Å²) in [6.45, 7) is 17.4. The van der Waals surface area contributed by atoms with Crippen molar-refractivity contribution in [3.63, 3.8) is 0 Å². The number of amides is 3. The summed E-state index contributed by atoms with van der Waals surface area (Å²) in [5, 5.41) is 5.87. The zero-order valence-electron chi connectivity index (χ0n) is 24.5. The van der Waals surface area contributed by atoms with Crippen LogP contribution < -0.4 is 10.6 Å². The number of rotatable bonds is 10. The number of nitrogens with one attached hydrogen (secondary N) is 2. The van der Waals surface area contributed by atoms with E-state index in [4.69, 9.17) is 4.74 Å². The average Bonchev–Trinajstić information content (AvgIpc) is 2.83. The van der Waals surface area contributed by atoms with Crippen molar-refractivity contribution in [2.24, 2.45) is 5.92 Å². The minimum absolute atomic E-state index is 0.173. The Labute approximate surface area is 228 Å². The van der Waals surface area contributed by atoms with Crippen molar-refractivity contribution in [2.45, 2.75) is 92.8 Å². The number of benzene rings is 2. The Morgan fingerprint density at radius 1 is 0.974 bits per heavy atom. The van der Waals surface area contributed by atoms with E-state index in [1.807, 2.05) is 84.0 Å². The molecule has 0 fully saturated rings. The van der Waals surface area contributed by atoms with Gasteiger partial charge >= 0.3 is 6.09 Å². The number of carbonyl (C=O) groups excluding carboxylic acids is 3. The summed E-state index contributed by atoms with van der Waals surface area (Å²) in [6.07, 6.45) is 0.653. The molecule has 0 radical (unpaired) electrons. The highest BCUT2D eigenvalue weighted by molar-refractivity contribution is 5.99. The molecule has 0 aliphatic carbocycles. The van der Waals surface area contributed by atoms with Crippen molar-refractivity contribution in [3.05, 3.63) is 64.7 Å². The molecule has 3 unspecified atom stereocenters.